The molecule has 0 aliphatic heterocycles. The maximum Gasteiger partial charge on any atom is 0.349 e. The monoisotopic (exact) mass is 399 g/mol. The lowest BCUT2D eigenvalue weighted by Gasteiger charge is -2.15. The highest BCUT2D eigenvalue weighted by Gasteiger charge is 2.16. The molecule has 5 heteroatoms. The average molecular weight is 400 g/mol. The highest BCUT2D eigenvalue weighted by atomic mass is 79.9. The fourth-order valence-electron chi connectivity index (χ4n) is 2.70. The summed E-state index contributed by atoms with van der Waals surface area (Å²) < 4.78 is 6.12. The summed E-state index contributed by atoms with van der Waals surface area (Å²) >= 11 is 3.38. The van der Waals surface area contributed by atoms with E-state index in [0.29, 0.717) is 16.9 Å². The molecule has 1 unspecified atom stereocenters. The molecule has 4 nitrogen and oxygen atoms in total. The van der Waals surface area contributed by atoms with Crippen LogP contribution in [0.25, 0.3) is 11.0 Å². The molecule has 0 aliphatic carbocycles. The van der Waals surface area contributed by atoms with Crippen LogP contribution in [-0.2, 0) is 0 Å². The fourth-order valence-corrected chi connectivity index (χ4v) is 3.08. The molecule has 0 bridgehead atoms. The summed E-state index contributed by atoms with van der Waals surface area (Å²) in [4.78, 5) is 24.8. The second-order valence-electron chi connectivity index (χ2n) is 5.98. The van der Waals surface area contributed by atoms with Crippen molar-refractivity contribution in [3.8, 4) is 0 Å². The molecule has 0 aliphatic rings. The van der Waals surface area contributed by atoms with E-state index in [4.69, 9.17) is 4.42 Å². The molecule has 3 aromatic rings. The average Bonchev–Trinajstić information content (AvgIpc) is 2.61. The molecule has 128 valence electrons. The summed E-state index contributed by atoms with van der Waals surface area (Å²) in [6.45, 7) is 4.20. The number of nitrogens with one attached hydrogen (secondary N) is 1. The van der Waals surface area contributed by atoms with E-state index < -0.39 is 11.5 Å². The van der Waals surface area contributed by atoms with Crippen molar-refractivity contribution < 1.29 is 9.21 Å². The summed E-state index contributed by atoms with van der Waals surface area (Å²) in [7, 11) is 0. The number of carbonyl (C=O) groups is 1. The first-order chi connectivity index (χ1) is 12.0. The van der Waals surface area contributed by atoms with Crippen molar-refractivity contribution in [2.45, 2.75) is 26.2 Å². The predicted octanol–water partition coefficient (Wildman–Crippen LogP) is 5.32. The van der Waals surface area contributed by atoms with Gasteiger partial charge in [-0.05, 0) is 48.2 Å². The number of para-hydroxylation sites is 1. The van der Waals surface area contributed by atoms with Gasteiger partial charge in [-0.15, -0.1) is 0 Å². The highest BCUT2D eigenvalue weighted by molar-refractivity contribution is 9.10. The molecule has 25 heavy (non-hydrogen) atoms. The number of halogens is 1. The van der Waals surface area contributed by atoms with Crippen molar-refractivity contribution in [1.29, 1.82) is 0 Å². The van der Waals surface area contributed by atoms with Crippen LogP contribution in [0.15, 0.2) is 62.2 Å². The molecule has 0 saturated heterocycles. The molecule has 1 aromatic heterocycles. The van der Waals surface area contributed by atoms with Crippen molar-refractivity contribution in [1.82, 2.24) is 0 Å². The zero-order valence-electron chi connectivity index (χ0n) is 14.0. The second-order valence-corrected chi connectivity index (χ2v) is 6.90. The maximum atomic E-state index is 12.6. The van der Waals surface area contributed by atoms with Gasteiger partial charge in [0.05, 0.1) is 0 Å². The van der Waals surface area contributed by atoms with Crippen LogP contribution in [0, 0.1) is 0 Å². The third kappa shape index (κ3) is 3.66. The standard InChI is InChI=1S/C20H18BrNO3/c1-3-12(2)15-6-4-5-7-17(15)22-19(23)16-11-13-10-14(21)8-9-18(13)25-20(16)24/h4-12H,3H2,1-2H3,(H,22,23). The Bertz CT molecular complexity index is 994. The summed E-state index contributed by atoms with van der Waals surface area (Å²) in [5.74, 6) is -0.160. The fraction of sp³-hybridized carbons (Fsp3) is 0.200. The number of hydrogen-bond acceptors (Lipinski definition) is 3. The van der Waals surface area contributed by atoms with Crippen molar-refractivity contribution >= 4 is 38.5 Å². The third-order valence-corrected chi connectivity index (χ3v) is 4.78. The van der Waals surface area contributed by atoms with E-state index >= 15 is 0 Å². The smallest absolute Gasteiger partial charge is 0.349 e. The molecule has 0 saturated carbocycles. The molecule has 1 N–H and O–H groups in total. The Morgan fingerprint density at radius 3 is 2.72 bits per heavy atom. The van der Waals surface area contributed by atoms with E-state index in [-0.39, 0.29) is 5.56 Å². The van der Waals surface area contributed by atoms with Gasteiger partial charge in [0.25, 0.3) is 5.91 Å². The van der Waals surface area contributed by atoms with Crippen molar-refractivity contribution in [3.63, 3.8) is 0 Å². The molecule has 2 aromatic carbocycles. The molecule has 1 heterocycles. The summed E-state index contributed by atoms with van der Waals surface area (Å²) in [5, 5.41) is 3.54. The number of anilines is 1. The first kappa shape index (κ1) is 17.4. The topological polar surface area (TPSA) is 59.3 Å². The Morgan fingerprint density at radius 2 is 1.96 bits per heavy atom. The van der Waals surface area contributed by atoms with Crippen LogP contribution in [0.1, 0.15) is 42.1 Å². The van der Waals surface area contributed by atoms with Gasteiger partial charge in [-0.3, -0.25) is 4.79 Å². The van der Waals surface area contributed by atoms with Gasteiger partial charge in [-0.25, -0.2) is 4.79 Å². The molecule has 0 spiro atoms. The van der Waals surface area contributed by atoms with Crippen LogP contribution in [-0.4, -0.2) is 5.91 Å². The molecule has 1 atom stereocenters. The van der Waals surface area contributed by atoms with E-state index in [0.717, 1.165) is 22.1 Å². The number of fused-ring (bicyclic) bond motifs is 1. The summed E-state index contributed by atoms with van der Waals surface area (Å²) in [6, 6.07) is 14.5. The number of carbonyl (C=O) groups excluding carboxylic acids is 1. The number of benzene rings is 2. The summed E-state index contributed by atoms with van der Waals surface area (Å²) in [5.41, 5.74) is 1.56. The minimum absolute atomic E-state index is 0.00967. The van der Waals surface area contributed by atoms with Gasteiger partial charge in [0.15, 0.2) is 0 Å². The molecular weight excluding hydrogens is 382 g/mol. The summed E-state index contributed by atoms with van der Waals surface area (Å²) in [6.07, 6.45) is 0.957. The van der Waals surface area contributed by atoms with Crippen molar-refractivity contribution in [2.75, 3.05) is 5.32 Å². The van der Waals surface area contributed by atoms with Gasteiger partial charge in [-0.1, -0.05) is 48.0 Å². The lowest BCUT2D eigenvalue weighted by Crippen LogP contribution is -2.21. The Labute approximate surface area is 154 Å². The molecular formula is C20H18BrNO3. The van der Waals surface area contributed by atoms with Gasteiger partial charge in [0.1, 0.15) is 11.1 Å². The molecule has 3 rings (SSSR count). The van der Waals surface area contributed by atoms with Gasteiger partial charge in [-0.2, -0.15) is 0 Å². The zero-order valence-corrected chi connectivity index (χ0v) is 15.6. The Balaban J connectivity index is 1.98. The SMILES string of the molecule is CCC(C)c1ccccc1NC(=O)c1cc2cc(Br)ccc2oc1=O. The van der Waals surface area contributed by atoms with Crippen molar-refractivity contribution in [3.05, 3.63) is 74.6 Å². The van der Waals surface area contributed by atoms with Crippen LogP contribution in [0.3, 0.4) is 0 Å². The largest absolute Gasteiger partial charge is 0.422 e. The Hall–Kier alpha value is -2.40. The highest BCUT2D eigenvalue weighted by Crippen LogP contribution is 2.27. The van der Waals surface area contributed by atoms with E-state index in [1.807, 2.05) is 30.3 Å². The minimum atomic E-state index is -0.645. The second kappa shape index (κ2) is 7.23. The van der Waals surface area contributed by atoms with Crippen LogP contribution >= 0.6 is 15.9 Å². The quantitative estimate of drug-likeness (QED) is 0.603. The molecule has 0 radical (unpaired) electrons. The zero-order chi connectivity index (χ0) is 18.0. The third-order valence-electron chi connectivity index (χ3n) is 4.29. The van der Waals surface area contributed by atoms with Crippen LogP contribution in [0.2, 0.25) is 0 Å². The minimum Gasteiger partial charge on any atom is -0.422 e. The predicted molar refractivity (Wildman–Crippen MR) is 103 cm³/mol. The lowest BCUT2D eigenvalue weighted by molar-refractivity contribution is 0.102. The van der Waals surface area contributed by atoms with E-state index in [1.165, 1.54) is 0 Å². The van der Waals surface area contributed by atoms with Gasteiger partial charge >= 0.3 is 5.63 Å². The first-order valence-electron chi connectivity index (χ1n) is 8.13. The van der Waals surface area contributed by atoms with Crippen LogP contribution in [0.5, 0.6) is 0 Å². The number of rotatable bonds is 4. The van der Waals surface area contributed by atoms with Gasteiger partial charge in [0.2, 0.25) is 0 Å². The van der Waals surface area contributed by atoms with E-state index in [2.05, 4.69) is 35.1 Å². The van der Waals surface area contributed by atoms with Gasteiger partial charge < -0.3 is 9.73 Å². The first-order valence-corrected chi connectivity index (χ1v) is 8.92. The van der Waals surface area contributed by atoms with Crippen LogP contribution in [0.4, 0.5) is 5.69 Å². The van der Waals surface area contributed by atoms with Crippen molar-refractivity contribution in [2.24, 2.45) is 0 Å². The maximum absolute atomic E-state index is 12.6. The normalized spacial score (nSPS) is 12.1. The Morgan fingerprint density at radius 1 is 1.20 bits per heavy atom. The Kier molecular flexibility index (Phi) is 5.04. The number of hydrogen-bond donors (Lipinski definition) is 1. The lowest BCUT2D eigenvalue weighted by atomic mass is 9.97. The van der Waals surface area contributed by atoms with E-state index in [1.54, 1.807) is 18.2 Å². The van der Waals surface area contributed by atoms with Crippen LogP contribution < -0.4 is 10.9 Å². The molecule has 0 fully saturated rings. The van der Waals surface area contributed by atoms with E-state index in [9.17, 15) is 9.59 Å². The van der Waals surface area contributed by atoms with Gasteiger partial charge in [0, 0.05) is 15.5 Å². The number of amides is 1. The molecule has 1 amide bonds.